The maximum absolute atomic E-state index is 6.07. The number of pyridine rings is 1. The van der Waals surface area contributed by atoms with Gasteiger partial charge in [0.2, 0.25) is 11.8 Å². The van der Waals surface area contributed by atoms with E-state index in [0.717, 1.165) is 48.3 Å². The Morgan fingerprint density at radius 2 is 0.896 bits per heavy atom. The highest BCUT2D eigenvalue weighted by molar-refractivity contribution is 5.65. The lowest BCUT2D eigenvalue weighted by Gasteiger charge is -2.16. The zero-order chi connectivity index (χ0) is 32.7. The molecule has 3 heterocycles. The summed E-state index contributed by atoms with van der Waals surface area (Å²) in [5, 5.41) is 0. The van der Waals surface area contributed by atoms with E-state index in [9.17, 15) is 0 Å². The number of benzene rings is 4. The molecule has 7 heteroatoms. The lowest BCUT2D eigenvalue weighted by molar-refractivity contribution is 0.0394. The third kappa shape index (κ3) is 8.48. The molecule has 48 heavy (non-hydrogen) atoms. The van der Waals surface area contributed by atoms with Crippen LogP contribution < -0.4 is 9.47 Å². The quantitative estimate of drug-likeness (QED) is 0.0991. The van der Waals surface area contributed by atoms with Crippen LogP contribution in [-0.2, 0) is 18.9 Å². The molecular weight excluding hydrogens is 602 g/mol. The standard InChI is InChI=1S/C41H41NO6/c1-3-38(45-26-36-24-43-36)32-12-8-28(9-13-32)30-16-20-34(21-17-30)47-40-6-5-7-41(42-40)48-35-22-18-31(19-23-35)29-10-14-33(15-11-29)39(4-2)46-27-37-25-44-37/h5-23,36-39H,3-4,24-27H2,1-2H3. The number of epoxide rings is 2. The molecule has 0 saturated carbocycles. The van der Waals surface area contributed by atoms with E-state index in [0.29, 0.717) is 36.5 Å². The van der Waals surface area contributed by atoms with Crippen LogP contribution in [0, 0.1) is 0 Å². The fourth-order valence-corrected chi connectivity index (χ4v) is 5.64. The second-order valence-corrected chi connectivity index (χ2v) is 12.2. The summed E-state index contributed by atoms with van der Waals surface area (Å²) in [6, 6.07) is 38.7. The number of aromatic nitrogens is 1. The number of ether oxygens (including phenoxy) is 6. The summed E-state index contributed by atoms with van der Waals surface area (Å²) in [5.41, 5.74) is 6.86. The van der Waals surface area contributed by atoms with Crippen LogP contribution in [0.5, 0.6) is 23.3 Å². The van der Waals surface area contributed by atoms with Gasteiger partial charge in [-0.3, -0.25) is 0 Å². The summed E-state index contributed by atoms with van der Waals surface area (Å²) in [5.74, 6) is 2.32. The van der Waals surface area contributed by atoms with Gasteiger partial charge in [-0.15, -0.1) is 0 Å². The van der Waals surface area contributed by atoms with Crippen LogP contribution in [0.3, 0.4) is 0 Å². The van der Waals surface area contributed by atoms with E-state index in [1.54, 1.807) is 0 Å². The topological polar surface area (TPSA) is 74.9 Å². The number of rotatable bonds is 16. The molecule has 0 radical (unpaired) electrons. The van der Waals surface area contributed by atoms with E-state index in [2.05, 4.69) is 91.6 Å². The Morgan fingerprint density at radius 1 is 0.542 bits per heavy atom. The van der Waals surface area contributed by atoms with Crippen molar-refractivity contribution in [3.8, 4) is 45.5 Å². The Balaban J connectivity index is 0.932. The van der Waals surface area contributed by atoms with Crippen LogP contribution in [0.15, 0.2) is 115 Å². The molecule has 2 fully saturated rings. The van der Waals surface area contributed by atoms with E-state index in [4.69, 9.17) is 28.4 Å². The van der Waals surface area contributed by atoms with E-state index >= 15 is 0 Å². The van der Waals surface area contributed by atoms with Gasteiger partial charge in [-0.2, -0.15) is 4.98 Å². The molecule has 4 atom stereocenters. The van der Waals surface area contributed by atoms with Crippen LogP contribution in [0.4, 0.5) is 0 Å². The van der Waals surface area contributed by atoms with Crippen LogP contribution >= 0.6 is 0 Å². The Bertz CT molecular complexity index is 1620. The fraction of sp³-hybridized carbons (Fsp3) is 0.293. The summed E-state index contributed by atoms with van der Waals surface area (Å²) in [6.45, 7) is 7.22. The molecule has 2 aliphatic heterocycles. The highest BCUT2D eigenvalue weighted by atomic mass is 16.6. The summed E-state index contributed by atoms with van der Waals surface area (Å²) in [4.78, 5) is 4.57. The minimum absolute atomic E-state index is 0.0846. The lowest BCUT2D eigenvalue weighted by Crippen LogP contribution is -2.08. The second kappa shape index (κ2) is 15.1. The minimum atomic E-state index is 0.0846. The lowest BCUT2D eigenvalue weighted by atomic mass is 10.0. The average molecular weight is 644 g/mol. The maximum Gasteiger partial charge on any atom is 0.222 e. The predicted octanol–water partition coefficient (Wildman–Crippen LogP) is 9.73. The van der Waals surface area contributed by atoms with Crippen LogP contribution in [0.1, 0.15) is 50.0 Å². The Labute approximate surface area is 282 Å². The van der Waals surface area contributed by atoms with Crippen molar-refractivity contribution in [1.82, 2.24) is 4.98 Å². The molecule has 0 aliphatic carbocycles. The second-order valence-electron chi connectivity index (χ2n) is 12.2. The molecule has 0 bridgehead atoms. The van der Waals surface area contributed by atoms with Gasteiger partial charge in [0, 0.05) is 12.1 Å². The number of hydrogen-bond acceptors (Lipinski definition) is 7. The molecule has 0 spiro atoms. The van der Waals surface area contributed by atoms with Crippen molar-refractivity contribution in [3.63, 3.8) is 0 Å². The van der Waals surface area contributed by atoms with E-state index in [1.165, 1.54) is 11.1 Å². The van der Waals surface area contributed by atoms with Crippen LogP contribution in [0.2, 0.25) is 0 Å². The van der Waals surface area contributed by atoms with E-state index in [1.807, 2.05) is 42.5 Å². The van der Waals surface area contributed by atoms with Gasteiger partial charge >= 0.3 is 0 Å². The van der Waals surface area contributed by atoms with Crippen molar-refractivity contribution in [2.45, 2.75) is 51.1 Å². The minimum Gasteiger partial charge on any atom is -0.439 e. The first-order chi connectivity index (χ1) is 23.6. The smallest absolute Gasteiger partial charge is 0.222 e. The molecule has 5 aromatic rings. The number of hydrogen-bond donors (Lipinski definition) is 0. The van der Waals surface area contributed by atoms with Crippen molar-refractivity contribution in [2.24, 2.45) is 0 Å². The van der Waals surface area contributed by atoms with Gasteiger partial charge in [0.1, 0.15) is 23.7 Å². The molecule has 2 saturated heterocycles. The van der Waals surface area contributed by atoms with E-state index < -0.39 is 0 Å². The predicted molar refractivity (Wildman–Crippen MR) is 186 cm³/mol. The molecule has 246 valence electrons. The first-order valence-electron chi connectivity index (χ1n) is 16.8. The molecule has 0 amide bonds. The first-order valence-corrected chi connectivity index (χ1v) is 16.8. The largest absolute Gasteiger partial charge is 0.439 e. The van der Waals surface area contributed by atoms with Crippen molar-refractivity contribution in [2.75, 3.05) is 26.4 Å². The normalized spacial score (nSPS) is 17.8. The molecule has 4 aromatic carbocycles. The zero-order valence-electron chi connectivity index (χ0n) is 27.4. The van der Waals surface area contributed by atoms with Gasteiger partial charge in [-0.1, -0.05) is 92.7 Å². The average Bonchev–Trinajstić information content (AvgIpc) is 4.07. The monoisotopic (exact) mass is 643 g/mol. The molecule has 0 N–H and O–H groups in total. The van der Waals surface area contributed by atoms with Crippen LogP contribution in [-0.4, -0.2) is 43.6 Å². The highest BCUT2D eigenvalue weighted by Gasteiger charge is 2.25. The van der Waals surface area contributed by atoms with Gasteiger partial charge in [-0.05, 0) is 70.5 Å². The summed E-state index contributed by atoms with van der Waals surface area (Å²) in [7, 11) is 0. The molecule has 4 unspecified atom stereocenters. The zero-order valence-corrected chi connectivity index (χ0v) is 27.4. The van der Waals surface area contributed by atoms with Gasteiger partial charge < -0.3 is 28.4 Å². The van der Waals surface area contributed by atoms with Gasteiger partial charge in [0.05, 0.1) is 38.6 Å². The highest BCUT2D eigenvalue weighted by Crippen LogP contribution is 2.31. The van der Waals surface area contributed by atoms with Crippen molar-refractivity contribution in [1.29, 1.82) is 0 Å². The third-order valence-electron chi connectivity index (χ3n) is 8.60. The Hall–Kier alpha value is -4.53. The van der Waals surface area contributed by atoms with Crippen molar-refractivity contribution in [3.05, 3.63) is 126 Å². The number of nitrogens with zero attached hydrogens (tertiary/aromatic N) is 1. The SMILES string of the molecule is CCC(OCC1CO1)c1ccc(-c2ccc(Oc3cccc(Oc4ccc(-c5ccc(C(CC)OCC6CO6)cc5)cc4)n3)cc2)cc1. The van der Waals surface area contributed by atoms with Crippen LogP contribution in [0.25, 0.3) is 22.3 Å². The van der Waals surface area contributed by atoms with Gasteiger partial charge in [-0.25, -0.2) is 0 Å². The molecule has 7 nitrogen and oxygen atoms in total. The van der Waals surface area contributed by atoms with Gasteiger partial charge in [0.15, 0.2) is 0 Å². The Kier molecular flexibility index (Phi) is 10.1. The van der Waals surface area contributed by atoms with E-state index in [-0.39, 0.29) is 24.4 Å². The van der Waals surface area contributed by atoms with Crippen molar-refractivity contribution < 1.29 is 28.4 Å². The molecule has 7 rings (SSSR count). The molecule has 2 aliphatic rings. The third-order valence-corrected chi connectivity index (χ3v) is 8.60. The maximum atomic E-state index is 6.07. The summed E-state index contributed by atoms with van der Waals surface area (Å²) < 4.78 is 34.8. The fourth-order valence-electron chi connectivity index (χ4n) is 5.64. The van der Waals surface area contributed by atoms with Gasteiger partial charge in [0.25, 0.3) is 0 Å². The molecular formula is C41H41NO6. The first kappa shape index (κ1) is 32.0. The Morgan fingerprint density at radius 3 is 1.23 bits per heavy atom. The molecule has 1 aromatic heterocycles. The summed E-state index contributed by atoms with van der Waals surface area (Å²) >= 11 is 0. The van der Waals surface area contributed by atoms with Crippen molar-refractivity contribution >= 4 is 0 Å². The summed E-state index contributed by atoms with van der Waals surface area (Å²) in [6.07, 6.45) is 2.55.